The number of hydrogen-bond donors (Lipinski definition) is 2. The second-order valence-electron chi connectivity index (χ2n) is 9.64. The lowest BCUT2D eigenvalue weighted by Crippen LogP contribution is -2.19. The van der Waals surface area contributed by atoms with Crippen molar-refractivity contribution in [1.29, 1.82) is 0 Å². The summed E-state index contributed by atoms with van der Waals surface area (Å²) in [5.74, 6) is 1.53. The fraction of sp³-hybridized carbons (Fsp3) is 0.323. The number of hydrogen-bond acceptors (Lipinski definition) is 9. The third-order valence-corrected chi connectivity index (χ3v) is 6.52. The zero-order valence-electron chi connectivity index (χ0n) is 24.0. The van der Waals surface area contributed by atoms with Crippen molar-refractivity contribution >= 4 is 17.4 Å². The Balaban J connectivity index is 1.21. The van der Waals surface area contributed by atoms with Crippen molar-refractivity contribution in [3.05, 3.63) is 83.2 Å². The molecule has 11 heteroatoms. The van der Waals surface area contributed by atoms with Crippen LogP contribution >= 0.6 is 0 Å². The Bertz CT molecular complexity index is 1480. The largest absolute Gasteiger partial charge is 0.507 e. The second kappa shape index (κ2) is 14.6. The van der Waals surface area contributed by atoms with Gasteiger partial charge in [0.2, 0.25) is 5.82 Å². The summed E-state index contributed by atoms with van der Waals surface area (Å²) in [6.07, 6.45) is 2.96. The Labute approximate surface area is 244 Å². The van der Waals surface area contributed by atoms with E-state index in [1.807, 2.05) is 31.2 Å². The average Bonchev–Trinajstić information content (AvgIpc) is 3.46. The normalized spacial score (nSPS) is 10.7. The Morgan fingerprint density at radius 2 is 1.62 bits per heavy atom. The van der Waals surface area contributed by atoms with Gasteiger partial charge in [-0.25, -0.2) is 4.68 Å². The molecule has 1 amide bonds. The molecule has 2 N–H and O–H groups in total. The first-order valence-electron chi connectivity index (χ1n) is 13.8. The van der Waals surface area contributed by atoms with E-state index < -0.39 is 5.91 Å². The van der Waals surface area contributed by atoms with E-state index in [2.05, 4.69) is 20.8 Å². The van der Waals surface area contributed by atoms with E-state index in [9.17, 15) is 14.7 Å². The highest BCUT2D eigenvalue weighted by molar-refractivity contribution is 6.01. The lowest BCUT2D eigenvalue weighted by Gasteiger charge is -2.14. The van der Waals surface area contributed by atoms with Gasteiger partial charge in [0.05, 0.1) is 32.4 Å². The third-order valence-electron chi connectivity index (χ3n) is 6.52. The van der Waals surface area contributed by atoms with Crippen molar-refractivity contribution in [2.24, 2.45) is 0 Å². The number of ketones is 1. The predicted octanol–water partition coefficient (Wildman–Crippen LogP) is 5.08. The van der Waals surface area contributed by atoms with Gasteiger partial charge in [-0.1, -0.05) is 25.5 Å². The number of nitrogens with one attached hydrogen (secondary N) is 1. The van der Waals surface area contributed by atoms with Gasteiger partial charge in [0.1, 0.15) is 23.0 Å². The highest BCUT2D eigenvalue weighted by atomic mass is 16.5. The van der Waals surface area contributed by atoms with E-state index in [1.165, 1.54) is 11.6 Å². The van der Waals surface area contributed by atoms with Gasteiger partial charge in [-0.2, -0.15) is 0 Å². The summed E-state index contributed by atoms with van der Waals surface area (Å²) >= 11 is 0. The first-order chi connectivity index (χ1) is 20.4. The van der Waals surface area contributed by atoms with E-state index >= 15 is 0 Å². The van der Waals surface area contributed by atoms with E-state index in [4.69, 9.17) is 14.2 Å². The van der Waals surface area contributed by atoms with E-state index in [0.717, 1.165) is 30.6 Å². The molecular weight excluding hydrogens is 538 g/mol. The molecule has 4 rings (SSSR count). The van der Waals surface area contributed by atoms with E-state index in [-0.39, 0.29) is 17.4 Å². The van der Waals surface area contributed by atoms with Crippen molar-refractivity contribution in [2.45, 2.75) is 46.1 Å². The molecule has 4 aromatic rings. The molecule has 11 nitrogen and oxygen atoms in total. The summed E-state index contributed by atoms with van der Waals surface area (Å²) in [6.45, 7) is 4.74. The standard InChI is InChI=1S/C31H35N5O6/c1-4-7-27-28(17-16-26(21(2)37)29(27)38)42-19-6-5-18-41-25-14-10-23(11-15-25)32-31(39)30-33-34-35-36(30)20-22-8-12-24(40-3)13-9-22/h8-17,38H,4-7,18-20H2,1-3H3,(H,32,39). The van der Waals surface area contributed by atoms with E-state index in [1.54, 1.807) is 43.5 Å². The lowest BCUT2D eigenvalue weighted by atomic mass is 10.0. The number of carbonyl (C=O) groups excluding carboxylic acids is 2. The van der Waals surface area contributed by atoms with Crippen LogP contribution in [0.1, 0.15) is 65.2 Å². The van der Waals surface area contributed by atoms with E-state index in [0.29, 0.717) is 54.5 Å². The van der Waals surface area contributed by atoms with Crippen LogP contribution in [0.3, 0.4) is 0 Å². The van der Waals surface area contributed by atoms with Crippen LogP contribution in [0.4, 0.5) is 5.69 Å². The smallest absolute Gasteiger partial charge is 0.295 e. The van der Waals surface area contributed by atoms with Crippen LogP contribution in [0.5, 0.6) is 23.0 Å². The van der Waals surface area contributed by atoms with Crippen LogP contribution in [0, 0.1) is 0 Å². The first kappa shape index (κ1) is 30.0. The number of Topliss-reactive ketones (excluding diaryl/α,β-unsaturated/α-hetero) is 1. The van der Waals surface area contributed by atoms with Crippen molar-refractivity contribution in [2.75, 3.05) is 25.6 Å². The molecule has 1 aromatic heterocycles. The SMILES string of the molecule is CCCc1c(OCCCCOc2ccc(NC(=O)c3nnnn3Cc3ccc(OC)cc3)cc2)ccc(C(C)=O)c1O. The first-order valence-corrected chi connectivity index (χ1v) is 13.8. The molecule has 0 radical (unpaired) electrons. The van der Waals surface area contributed by atoms with Gasteiger partial charge in [0.15, 0.2) is 5.78 Å². The number of phenols is 1. The molecule has 0 bridgehead atoms. The summed E-state index contributed by atoms with van der Waals surface area (Å²) in [5, 5.41) is 24.8. The molecular formula is C31H35N5O6. The molecule has 42 heavy (non-hydrogen) atoms. The molecule has 0 aliphatic carbocycles. The van der Waals surface area contributed by atoms with Crippen molar-refractivity contribution in [1.82, 2.24) is 20.2 Å². The zero-order valence-corrected chi connectivity index (χ0v) is 24.0. The zero-order chi connectivity index (χ0) is 29.9. The number of nitrogens with zero attached hydrogens (tertiary/aromatic N) is 4. The van der Waals surface area contributed by atoms with Gasteiger partial charge in [-0.3, -0.25) is 9.59 Å². The number of amides is 1. The van der Waals surface area contributed by atoms with Crippen LogP contribution in [0.2, 0.25) is 0 Å². The second-order valence-corrected chi connectivity index (χ2v) is 9.64. The Kier molecular flexibility index (Phi) is 10.5. The van der Waals surface area contributed by atoms with Gasteiger partial charge in [0.25, 0.3) is 5.91 Å². The molecule has 3 aromatic carbocycles. The highest BCUT2D eigenvalue weighted by Gasteiger charge is 2.17. The number of methoxy groups -OCH3 is 1. The fourth-order valence-electron chi connectivity index (χ4n) is 4.30. The van der Waals surface area contributed by atoms with Crippen molar-refractivity contribution < 1.29 is 28.9 Å². The number of carbonyl (C=O) groups is 2. The number of aromatic nitrogens is 4. The molecule has 1 heterocycles. The lowest BCUT2D eigenvalue weighted by molar-refractivity contribution is 0.100. The molecule has 220 valence electrons. The van der Waals surface area contributed by atoms with Crippen LogP contribution in [0.25, 0.3) is 0 Å². The van der Waals surface area contributed by atoms with Gasteiger partial charge in [-0.15, -0.1) is 5.10 Å². The summed E-state index contributed by atoms with van der Waals surface area (Å²) in [5.41, 5.74) is 2.49. The average molecular weight is 574 g/mol. The van der Waals surface area contributed by atoms with Crippen molar-refractivity contribution in [3.8, 4) is 23.0 Å². The number of benzene rings is 3. The number of anilines is 1. The fourth-order valence-corrected chi connectivity index (χ4v) is 4.30. The molecule has 0 saturated heterocycles. The predicted molar refractivity (Wildman–Crippen MR) is 157 cm³/mol. The number of aromatic hydroxyl groups is 1. The van der Waals surface area contributed by atoms with Crippen LogP contribution in [0.15, 0.2) is 60.7 Å². The number of rotatable bonds is 15. The maximum Gasteiger partial charge on any atom is 0.295 e. The molecule has 0 atom stereocenters. The van der Waals surface area contributed by atoms with Crippen LogP contribution < -0.4 is 19.5 Å². The molecule has 0 aliphatic rings. The number of tetrazole rings is 1. The maximum atomic E-state index is 12.8. The minimum absolute atomic E-state index is 0.0111. The van der Waals surface area contributed by atoms with Crippen molar-refractivity contribution in [3.63, 3.8) is 0 Å². The van der Waals surface area contributed by atoms with Gasteiger partial charge in [-0.05, 0) is 90.7 Å². The number of phenolic OH excluding ortho intramolecular Hbond substituents is 1. The Hall–Kier alpha value is -4.93. The van der Waals surface area contributed by atoms with Gasteiger partial charge >= 0.3 is 0 Å². The number of ether oxygens (including phenoxy) is 3. The quantitative estimate of drug-likeness (QED) is 0.147. The Morgan fingerprint density at radius 3 is 2.29 bits per heavy atom. The van der Waals surface area contributed by atoms with Crippen LogP contribution in [-0.2, 0) is 13.0 Å². The van der Waals surface area contributed by atoms with Crippen LogP contribution in [-0.4, -0.2) is 57.3 Å². The molecule has 0 aliphatic heterocycles. The maximum absolute atomic E-state index is 12.8. The summed E-state index contributed by atoms with van der Waals surface area (Å²) in [7, 11) is 1.60. The highest BCUT2D eigenvalue weighted by Crippen LogP contribution is 2.33. The minimum atomic E-state index is -0.423. The number of unbranched alkanes of at least 4 members (excludes halogenated alkanes) is 1. The molecule has 0 fully saturated rings. The Morgan fingerprint density at radius 1 is 0.929 bits per heavy atom. The third kappa shape index (κ3) is 7.84. The summed E-state index contributed by atoms with van der Waals surface area (Å²) in [4.78, 5) is 24.5. The summed E-state index contributed by atoms with van der Waals surface area (Å²) in [6, 6.07) is 17.9. The minimum Gasteiger partial charge on any atom is -0.507 e. The molecule has 0 spiro atoms. The molecule has 0 saturated carbocycles. The summed E-state index contributed by atoms with van der Waals surface area (Å²) < 4.78 is 18.3. The van der Waals surface area contributed by atoms with Gasteiger partial charge in [0, 0.05) is 11.3 Å². The van der Waals surface area contributed by atoms with Gasteiger partial charge < -0.3 is 24.6 Å². The topological polar surface area (TPSA) is 138 Å². The monoisotopic (exact) mass is 573 g/mol. The molecule has 0 unspecified atom stereocenters.